The topological polar surface area (TPSA) is 255 Å². The maximum atomic E-state index is 13.4. The number of fused-ring (bicyclic) bond motifs is 5. The van der Waals surface area contributed by atoms with E-state index in [1.165, 1.54) is 13.0 Å². The first-order chi connectivity index (χ1) is 40.9. The standard InChI is InChI=1S/C66H75N9O9/c1-39(76)82-55-34-54(45-32-52(78)60(79)57(33-45)81-29-22-41-9-6-25-68-36-41)84-61-47(55)17-15-46-16-18-48-53-13-5-24-66(48)59(62(75-37-44-21-28-69-50(44)38-75)73-64(74-66)71-26-7-8-40-20-27-70-58(67)31-40)63(80)72-49-12-3-2-10-43(49)11-4-23-65(46,61)35-42-14-19-51(77)56(30-42)83-53/h6,9,14-15,17,19-21,25,28,30-33,36-38,43,46-49,53-55,59,61-63,69-70,72,77-80H,2-3,5,7-8,10,12-13,22-24,26-27,29,34-35,67H2,1H3,(H2,71,73,74)/t43-,46-,47+,48+,49-,53-,54+,55+,59-,61-,62+,63-,65-,66+/m1/s1. The molecule has 2 saturated carbocycles. The number of aromatic nitrogens is 3. The highest BCUT2D eigenvalue weighted by atomic mass is 16.6. The molecule has 14 atom stereocenters. The van der Waals surface area contributed by atoms with Gasteiger partial charge in [0.05, 0.1) is 47.5 Å². The summed E-state index contributed by atoms with van der Waals surface area (Å²) in [5.74, 6) is 13.6. The number of hydrogen-bond donors (Lipinski definition) is 10. The zero-order valence-electron chi connectivity index (χ0n) is 47.3. The van der Waals surface area contributed by atoms with Gasteiger partial charge in [-0.25, -0.2) is 0 Å². The van der Waals surface area contributed by atoms with Gasteiger partial charge in [0.25, 0.3) is 0 Å². The van der Waals surface area contributed by atoms with Gasteiger partial charge in [0.2, 0.25) is 5.75 Å². The lowest BCUT2D eigenvalue weighted by atomic mass is 9.57. The molecular formula is C66H75N9O9. The normalized spacial score (nSPS) is 32.6. The van der Waals surface area contributed by atoms with Crippen molar-refractivity contribution in [1.29, 1.82) is 0 Å². The van der Waals surface area contributed by atoms with Crippen LogP contribution in [0.1, 0.15) is 107 Å². The maximum Gasteiger partial charge on any atom is 0.302 e. The van der Waals surface area contributed by atoms with E-state index < -0.39 is 83.2 Å². The van der Waals surface area contributed by atoms with Gasteiger partial charge in [0, 0.05) is 105 Å². The quantitative estimate of drug-likeness (QED) is 0.0202. The van der Waals surface area contributed by atoms with Gasteiger partial charge >= 0.3 is 5.97 Å². The van der Waals surface area contributed by atoms with E-state index in [0.29, 0.717) is 74.7 Å². The van der Waals surface area contributed by atoms with E-state index in [0.717, 1.165) is 66.1 Å². The molecule has 18 heteroatoms. The predicted octanol–water partition coefficient (Wildman–Crippen LogP) is 7.55. The van der Waals surface area contributed by atoms with Crippen molar-refractivity contribution in [2.45, 2.75) is 139 Å². The van der Waals surface area contributed by atoms with Crippen molar-refractivity contribution in [3.8, 4) is 52.4 Å². The van der Waals surface area contributed by atoms with Gasteiger partial charge in [-0.2, -0.15) is 0 Å². The number of nitrogens with one attached hydrogen (secondary N) is 5. The molecule has 8 aliphatic rings. The number of nitrogens with zero attached hydrogens (tertiary/aromatic N) is 3. The summed E-state index contributed by atoms with van der Waals surface area (Å²) < 4.78 is 29.4. The van der Waals surface area contributed by atoms with Crippen molar-refractivity contribution in [3.05, 3.63) is 132 Å². The number of phenols is 3. The van der Waals surface area contributed by atoms with Crippen LogP contribution in [0.5, 0.6) is 28.7 Å². The van der Waals surface area contributed by atoms with Crippen LogP contribution in [0.3, 0.4) is 0 Å². The van der Waals surface area contributed by atoms with E-state index in [1.807, 2.05) is 36.5 Å². The minimum atomic E-state index is -1.07. The smallest absolute Gasteiger partial charge is 0.302 e. The number of aromatic amines is 1. The number of benzene rings is 2. The number of phenolic OH excluding ortho intramolecular Hbond substituents is 3. The molecule has 13 rings (SSSR count). The second kappa shape index (κ2) is 23.2. The number of ether oxygens (including phenoxy) is 4. The molecule has 2 aromatic carbocycles. The zero-order chi connectivity index (χ0) is 57.5. The second-order valence-electron chi connectivity index (χ2n) is 24.3. The van der Waals surface area contributed by atoms with Crippen molar-refractivity contribution in [2.75, 3.05) is 19.7 Å². The molecule has 3 aromatic heterocycles. The van der Waals surface area contributed by atoms with Gasteiger partial charge in [-0.15, -0.1) is 5.92 Å². The van der Waals surface area contributed by atoms with E-state index in [4.69, 9.17) is 29.7 Å². The molecule has 0 unspecified atom stereocenters. The van der Waals surface area contributed by atoms with Crippen LogP contribution in [0.2, 0.25) is 0 Å². The van der Waals surface area contributed by atoms with Crippen LogP contribution in [-0.2, 0) is 27.1 Å². The summed E-state index contributed by atoms with van der Waals surface area (Å²) in [5, 5.41) is 63.7. The number of guanidine groups is 1. The Labute approximate surface area is 489 Å². The van der Waals surface area contributed by atoms with Gasteiger partial charge in [-0.3, -0.25) is 20.1 Å². The molecule has 18 nitrogen and oxygen atoms in total. The molecule has 11 N–H and O–H groups in total. The maximum absolute atomic E-state index is 13.4. The van der Waals surface area contributed by atoms with Crippen molar-refractivity contribution in [2.24, 2.45) is 45.7 Å². The van der Waals surface area contributed by atoms with Crippen molar-refractivity contribution in [1.82, 2.24) is 35.8 Å². The van der Waals surface area contributed by atoms with E-state index in [9.17, 15) is 25.2 Å². The van der Waals surface area contributed by atoms with E-state index >= 15 is 0 Å². The van der Waals surface area contributed by atoms with Crippen LogP contribution in [0, 0.1) is 58.7 Å². The lowest BCUT2D eigenvalue weighted by molar-refractivity contribution is -0.197. The van der Waals surface area contributed by atoms with Crippen molar-refractivity contribution in [3.63, 3.8) is 0 Å². The van der Waals surface area contributed by atoms with Gasteiger partial charge < -0.3 is 70.6 Å². The number of aliphatic hydroxyl groups is 1. The highest BCUT2D eigenvalue weighted by molar-refractivity contribution is 5.83. The molecule has 3 aliphatic carbocycles. The number of esters is 1. The second-order valence-corrected chi connectivity index (χ2v) is 24.3. The van der Waals surface area contributed by atoms with Crippen LogP contribution in [-0.4, -0.2) is 103 Å². The summed E-state index contributed by atoms with van der Waals surface area (Å²) in [7, 11) is 0. The molecule has 1 spiro atoms. The summed E-state index contributed by atoms with van der Waals surface area (Å²) in [6, 6.07) is 14.5. The first kappa shape index (κ1) is 55.2. The van der Waals surface area contributed by atoms with Crippen LogP contribution >= 0.6 is 0 Å². The molecular weight excluding hydrogens is 1060 g/mol. The van der Waals surface area contributed by atoms with Crippen LogP contribution in [0.4, 0.5) is 0 Å². The molecule has 438 valence electrons. The van der Waals surface area contributed by atoms with Crippen molar-refractivity contribution < 1.29 is 44.2 Å². The fourth-order valence-corrected chi connectivity index (χ4v) is 15.0. The Kier molecular flexibility index (Phi) is 15.2. The Morgan fingerprint density at radius 2 is 1.92 bits per heavy atom. The number of nitrogens with two attached hydrogens (primary N) is 1. The largest absolute Gasteiger partial charge is 0.504 e. The first-order valence-corrected chi connectivity index (χ1v) is 30.0. The molecule has 5 aliphatic heterocycles. The number of carbonyl (C=O) groups excluding carboxylic acids is 1. The van der Waals surface area contributed by atoms with Gasteiger partial charge in [0.1, 0.15) is 24.6 Å². The van der Waals surface area contributed by atoms with E-state index in [-0.39, 0.29) is 42.2 Å². The fourth-order valence-electron chi connectivity index (χ4n) is 15.0. The third kappa shape index (κ3) is 10.8. The summed E-state index contributed by atoms with van der Waals surface area (Å²) in [6.45, 7) is 2.81. The summed E-state index contributed by atoms with van der Waals surface area (Å²) in [5.41, 5.74) is 8.72. The SMILES string of the molecule is CC(=O)O[C@H]1C[C@@H](c2cc(O)c(O)c(OCCc3cccnc3)c2)O[C@@H]2[C@H]1C=C[C@@H]1C#C[C@H]3[C@H]4CCC[C@]35NC(=NCCCC3=CCNC(N)=C3)N[C@@H](n3cc6cc[nH]c6c3)[C@@H]5[C@@H](O)N[C@@H]3CCCC[C@@H]3C#CC[C@]21Cc1ccc(O)c(c1)O4. The Hall–Kier alpha value is -8.03. The summed E-state index contributed by atoms with van der Waals surface area (Å²) in [6.07, 6.45) is 22.3. The zero-order valence-corrected chi connectivity index (χ0v) is 47.3. The first-order valence-electron chi connectivity index (χ1n) is 30.0. The number of rotatable bonds is 11. The Morgan fingerprint density at radius 1 is 1.01 bits per heavy atom. The number of pyridine rings is 1. The molecule has 84 heavy (non-hydrogen) atoms. The van der Waals surface area contributed by atoms with Gasteiger partial charge in [-0.1, -0.05) is 61.0 Å². The number of allylic oxidation sites excluding steroid dienone is 3. The lowest BCUT2D eigenvalue weighted by Crippen LogP contribution is -2.75. The Balaban J connectivity index is 0.963. The van der Waals surface area contributed by atoms with E-state index in [2.05, 4.69) is 96.2 Å². The molecule has 8 heterocycles. The molecule has 2 saturated heterocycles. The number of aromatic hydroxyl groups is 3. The summed E-state index contributed by atoms with van der Waals surface area (Å²) >= 11 is 0. The average molecular weight is 1140 g/mol. The highest BCUT2D eigenvalue weighted by Crippen LogP contribution is 2.56. The third-order valence-electron chi connectivity index (χ3n) is 19.0. The molecule has 5 aromatic rings. The number of H-pyrrole nitrogens is 1. The Morgan fingerprint density at radius 3 is 2.77 bits per heavy atom. The molecule has 0 radical (unpaired) electrons. The number of hydrogen-bond acceptors (Lipinski definition) is 14. The minimum absolute atomic E-state index is 0.00727. The monoisotopic (exact) mass is 1140 g/mol. The highest BCUT2D eigenvalue weighted by Gasteiger charge is 2.61. The number of carbonyl (C=O) groups is 1. The fraction of sp³-hybridized carbons (Fsp3) is 0.470. The van der Waals surface area contributed by atoms with Crippen LogP contribution in [0.25, 0.3) is 10.9 Å². The summed E-state index contributed by atoms with van der Waals surface area (Å²) in [4.78, 5) is 26.2. The predicted molar refractivity (Wildman–Crippen MR) is 316 cm³/mol. The number of aliphatic imine (C=N–C) groups is 1. The van der Waals surface area contributed by atoms with Crippen molar-refractivity contribution >= 4 is 22.8 Å². The molecule has 4 bridgehead atoms. The lowest BCUT2D eigenvalue weighted by Gasteiger charge is -2.57. The number of dihydropyridines is 1. The van der Waals surface area contributed by atoms with E-state index in [1.54, 1.807) is 24.5 Å². The number of aliphatic hydroxyl groups excluding tert-OH is 1. The molecule has 0 amide bonds. The average Bonchev–Trinajstić information content (AvgIpc) is 1.17. The molecule has 4 fully saturated rings. The minimum Gasteiger partial charge on any atom is -0.504 e. The third-order valence-corrected chi connectivity index (χ3v) is 19.0. The van der Waals surface area contributed by atoms with Gasteiger partial charge in [-0.05, 0) is 116 Å². The Bertz CT molecular complexity index is 3510. The van der Waals surface area contributed by atoms with Gasteiger partial charge in [0.15, 0.2) is 29.0 Å². The van der Waals surface area contributed by atoms with Crippen LogP contribution < -0.4 is 36.5 Å². The van der Waals surface area contributed by atoms with Crippen LogP contribution in [0.15, 0.2) is 120 Å².